The highest BCUT2D eigenvalue weighted by Gasteiger charge is 2.13. The number of anilines is 1. The molecule has 0 amide bonds. The molecule has 0 spiro atoms. The number of hydrogen-bond donors (Lipinski definition) is 1. The van der Waals surface area contributed by atoms with Gasteiger partial charge in [0.25, 0.3) is 0 Å². The Labute approximate surface area is 124 Å². The van der Waals surface area contributed by atoms with E-state index in [4.69, 9.17) is 11.6 Å². The molecule has 20 heavy (non-hydrogen) atoms. The Balaban J connectivity index is 2.00. The fourth-order valence-electron chi connectivity index (χ4n) is 1.85. The summed E-state index contributed by atoms with van der Waals surface area (Å²) in [6.45, 7) is 2.35. The van der Waals surface area contributed by atoms with Crippen molar-refractivity contribution < 1.29 is 8.42 Å². The van der Waals surface area contributed by atoms with Crippen LogP contribution in [0.1, 0.15) is 5.56 Å². The van der Waals surface area contributed by atoms with Gasteiger partial charge in [0.1, 0.15) is 0 Å². The summed E-state index contributed by atoms with van der Waals surface area (Å²) >= 11 is 5.76. The molecule has 0 aliphatic heterocycles. The first-order chi connectivity index (χ1) is 9.49. The van der Waals surface area contributed by atoms with E-state index in [1.807, 2.05) is 31.2 Å². The zero-order chi connectivity index (χ0) is 14.6. The van der Waals surface area contributed by atoms with Crippen LogP contribution in [0.3, 0.4) is 0 Å². The molecule has 0 aromatic heterocycles. The zero-order valence-corrected chi connectivity index (χ0v) is 12.7. The molecule has 0 atom stereocenters. The summed E-state index contributed by atoms with van der Waals surface area (Å²) in [5.41, 5.74) is 2.05. The second-order valence-electron chi connectivity index (χ2n) is 4.51. The van der Waals surface area contributed by atoms with E-state index in [9.17, 15) is 8.42 Å². The number of sulfone groups is 1. The van der Waals surface area contributed by atoms with Crippen LogP contribution in [0.2, 0.25) is 5.02 Å². The largest absolute Gasteiger partial charge is 0.384 e. The van der Waals surface area contributed by atoms with Crippen molar-refractivity contribution in [3.63, 3.8) is 0 Å². The van der Waals surface area contributed by atoms with Crippen LogP contribution >= 0.6 is 11.6 Å². The zero-order valence-electron chi connectivity index (χ0n) is 11.1. The number of para-hydroxylation sites is 1. The lowest BCUT2D eigenvalue weighted by atomic mass is 10.2. The van der Waals surface area contributed by atoms with Gasteiger partial charge in [0.2, 0.25) is 0 Å². The molecule has 2 rings (SSSR count). The Morgan fingerprint density at radius 1 is 1.05 bits per heavy atom. The molecule has 0 bridgehead atoms. The number of nitrogens with one attached hydrogen (secondary N) is 1. The monoisotopic (exact) mass is 309 g/mol. The van der Waals surface area contributed by atoms with E-state index in [1.54, 1.807) is 12.1 Å². The fraction of sp³-hybridized carbons (Fsp3) is 0.200. The smallest absolute Gasteiger partial charge is 0.180 e. The van der Waals surface area contributed by atoms with Crippen molar-refractivity contribution >= 4 is 27.1 Å². The highest BCUT2D eigenvalue weighted by molar-refractivity contribution is 7.91. The van der Waals surface area contributed by atoms with Crippen LogP contribution in [-0.2, 0) is 9.84 Å². The third kappa shape index (κ3) is 3.74. The van der Waals surface area contributed by atoms with Crippen LogP contribution in [0.25, 0.3) is 0 Å². The van der Waals surface area contributed by atoms with Gasteiger partial charge in [-0.1, -0.05) is 29.8 Å². The van der Waals surface area contributed by atoms with E-state index in [0.29, 0.717) is 16.5 Å². The Morgan fingerprint density at radius 3 is 2.35 bits per heavy atom. The first kappa shape index (κ1) is 14.9. The summed E-state index contributed by atoms with van der Waals surface area (Å²) < 4.78 is 24.3. The van der Waals surface area contributed by atoms with E-state index in [-0.39, 0.29) is 5.75 Å². The average Bonchev–Trinajstić information content (AvgIpc) is 2.41. The van der Waals surface area contributed by atoms with E-state index >= 15 is 0 Å². The minimum Gasteiger partial charge on any atom is -0.384 e. The van der Waals surface area contributed by atoms with E-state index in [1.165, 1.54) is 12.1 Å². The molecule has 0 aliphatic carbocycles. The molecule has 0 radical (unpaired) electrons. The maximum absolute atomic E-state index is 12.1. The van der Waals surface area contributed by atoms with Gasteiger partial charge < -0.3 is 5.32 Å². The molecule has 2 aromatic carbocycles. The first-order valence-corrected chi connectivity index (χ1v) is 8.30. The van der Waals surface area contributed by atoms with Crippen molar-refractivity contribution in [2.75, 3.05) is 17.6 Å². The standard InChI is InChI=1S/C15H16ClNO2S/c1-12-4-2-3-5-15(12)17-10-11-20(18,19)14-8-6-13(16)7-9-14/h2-9,17H,10-11H2,1H3. The lowest BCUT2D eigenvalue weighted by molar-refractivity contribution is 0.596. The molecule has 0 unspecified atom stereocenters. The summed E-state index contributed by atoms with van der Waals surface area (Å²) in [5.74, 6) is 0.0446. The molecule has 0 aliphatic rings. The predicted octanol–water partition coefficient (Wildman–Crippen LogP) is 3.53. The summed E-state index contributed by atoms with van der Waals surface area (Å²) in [7, 11) is -3.28. The Bertz CT molecular complexity index is 681. The molecule has 0 fully saturated rings. The van der Waals surface area contributed by atoms with Gasteiger partial charge in [0.05, 0.1) is 10.6 Å². The van der Waals surface area contributed by atoms with Crippen LogP contribution in [0.15, 0.2) is 53.4 Å². The minimum absolute atomic E-state index is 0.0446. The lowest BCUT2D eigenvalue weighted by Crippen LogP contribution is -2.16. The third-order valence-electron chi connectivity index (χ3n) is 3.00. The van der Waals surface area contributed by atoms with Gasteiger partial charge in [-0.05, 0) is 42.8 Å². The molecule has 3 nitrogen and oxygen atoms in total. The summed E-state index contributed by atoms with van der Waals surface area (Å²) in [6, 6.07) is 14.0. The van der Waals surface area contributed by atoms with Gasteiger partial charge in [-0.2, -0.15) is 0 Å². The van der Waals surface area contributed by atoms with Crippen molar-refractivity contribution in [1.82, 2.24) is 0 Å². The second kappa shape index (κ2) is 6.29. The Morgan fingerprint density at radius 2 is 1.70 bits per heavy atom. The van der Waals surface area contributed by atoms with Gasteiger partial charge in [-0.15, -0.1) is 0 Å². The number of rotatable bonds is 5. The highest BCUT2D eigenvalue weighted by atomic mass is 35.5. The molecular formula is C15H16ClNO2S. The molecule has 0 saturated carbocycles. The summed E-state index contributed by atoms with van der Waals surface area (Å²) in [4.78, 5) is 0.300. The van der Waals surface area contributed by atoms with Crippen LogP contribution in [0.5, 0.6) is 0 Å². The summed E-state index contributed by atoms with van der Waals surface area (Å²) in [5, 5.41) is 3.67. The van der Waals surface area contributed by atoms with Gasteiger partial charge in [-0.3, -0.25) is 0 Å². The highest BCUT2D eigenvalue weighted by Crippen LogP contribution is 2.16. The Hall–Kier alpha value is -1.52. The number of halogens is 1. The van der Waals surface area contributed by atoms with Crippen LogP contribution in [-0.4, -0.2) is 20.7 Å². The molecule has 0 heterocycles. The maximum atomic E-state index is 12.1. The van der Waals surface area contributed by atoms with Crippen LogP contribution in [0.4, 0.5) is 5.69 Å². The molecule has 1 N–H and O–H groups in total. The van der Waals surface area contributed by atoms with Crippen molar-refractivity contribution in [3.8, 4) is 0 Å². The van der Waals surface area contributed by atoms with Gasteiger partial charge in [-0.25, -0.2) is 8.42 Å². The number of aryl methyl sites for hydroxylation is 1. The quantitative estimate of drug-likeness (QED) is 0.919. The molecule has 2 aromatic rings. The molecule has 106 valence electrons. The van der Waals surface area contributed by atoms with E-state index < -0.39 is 9.84 Å². The second-order valence-corrected chi connectivity index (χ2v) is 7.06. The Kier molecular flexibility index (Phi) is 4.68. The fourth-order valence-corrected chi connectivity index (χ4v) is 3.13. The summed E-state index contributed by atoms with van der Waals surface area (Å²) in [6.07, 6.45) is 0. The molecule has 5 heteroatoms. The molecule has 0 saturated heterocycles. The topological polar surface area (TPSA) is 46.2 Å². The van der Waals surface area contributed by atoms with Crippen LogP contribution in [0, 0.1) is 6.92 Å². The van der Waals surface area contributed by atoms with Gasteiger partial charge in [0, 0.05) is 17.3 Å². The predicted molar refractivity (Wildman–Crippen MR) is 83.2 cm³/mol. The van der Waals surface area contributed by atoms with Crippen molar-refractivity contribution in [2.45, 2.75) is 11.8 Å². The van der Waals surface area contributed by atoms with Gasteiger partial charge in [0.15, 0.2) is 9.84 Å². The van der Waals surface area contributed by atoms with Crippen molar-refractivity contribution in [2.24, 2.45) is 0 Å². The normalized spacial score (nSPS) is 11.3. The first-order valence-electron chi connectivity index (χ1n) is 6.27. The maximum Gasteiger partial charge on any atom is 0.180 e. The SMILES string of the molecule is Cc1ccccc1NCCS(=O)(=O)c1ccc(Cl)cc1. The van der Waals surface area contributed by atoms with Crippen molar-refractivity contribution in [3.05, 3.63) is 59.1 Å². The average molecular weight is 310 g/mol. The van der Waals surface area contributed by atoms with Crippen LogP contribution < -0.4 is 5.32 Å². The molecular weight excluding hydrogens is 294 g/mol. The number of benzene rings is 2. The van der Waals surface area contributed by atoms with Gasteiger partial charge >= 0.3 is 0 Å². The third-order valence-corrected chi connectivity index (χ3v) is 4.99. The lowest BCUT2D eigenvalue weighted by Gasteiger charge is -2.09. The van der Waals surface area contributed by atoms with E-state index in [2.05, 4.69) is 5.32 Å². The minimum atomic E-state index is -3.28. The van der Waals surface area contributed by atoms with Crippen molar-refractivity contribution in [1.29, 1.82) is 0 Å². The van der Waals surface area contributed by atoms with E-state index in [0.717, 1.165) is 11.3 Å². The number of hydrogen-bond acceptors (Lipinski definition) is 3.